The maximum Gasteiger partial charge on any atom is 0.466 e. The molecule has 18 heavy (non-hydrogen) atoms. The Bertz CT molecular complexity index is 368. The van der Waals surface area contributed by atoms with Gasteiger partial charge >= 0.3 is 7.82 Å². The molecule has 6 nitrogen and oxygen atoms in total. The van der Waals surface area contributed by atoms with Gasteiger partial charge in [0.25, 0.3) is 0 Å². The van der Waals surface area contributed by atoms with Gasteiger partial charge in [-0.05, 0) is 5.56 Å². The molecule has 0 unspecified atom stereocenters. The van der Waals surface area contributed by atoms with E-state index in [0.29, 0.717) is 0 Å². The molecule has 1 heterocycles. The minimum absolute atomic E-state index is 1.10. The fourth-order valence-electron chi connectivity index (χ4n) is 1.71. The predicted molar refractivity (Wildman–Crippen MR) is 68.9 cm³/mol. The number of hydrogen-bond acceptors (Lipinski definition) is 3. The van der Waals surface area contributed by atoms with Gasteiger partial charge in [-0.3, -0.25) is 4.90 Å². The molecular weight excluding hydrogens is 255 g/mol. The normalized spacial score (nSPS) is 16.8. The highest BCUT2D eigenvalue weighted by Gasteiger charge is 2.08. The molecule has 1 saturated heterocycles. The number of phosphoric acid groups is 1. The molecule has 0 bridgehead atoms. The molecule has 0 atom stereocenters. The molecule has 1 aromatic rings. The fraction of sp³-hybridized carbons (Fsp3) is 0.455. The van der Waals surface area contributed by atoms with E-state index in [0.717, 1.165) is 19.6 Å². The molecular formula is C11H19N2O4P. The maximum atomic E-state index is 8.88. The van der Waals surface area contributed by atoms with Crippen LogP contribution < -0.4 is 5.32 Å². The van der Waals surface area contributed by atoms with Crippen LogP contribution in [-0.2, 0) is 11.1 Å². The van der Waals surface area contributed by atoms with E-state index in [1.807, 2.05) is 0 Å². The number of nitrogens with one attached hydrogen (secondary N) is 1. The van der Waals surface area contributed by atoms with E-state index in [1.165, 1.54) is 18.7 Å². The second kappa shape index (κ2) is 7.63. The van der Waals surface area contributed by atoms with E-state index >= 15 is 0 Å². The zero-order chi connectivity index (χ0) is 13.4. The summed E-state index contributed by atoms with van der Waals surface area (Å²) in [7, 11) is -4.64. The van der Waals surface area contributed by atoms with Gasteiger partial charge in [0.2, 0.25) is 0 Å². The molecule has 0 radical (unpaired) electrons. The molecule has 0 aromatic heterocycles. The highest BCUT2D eigenvalue weighted by molar-refractivity contribution is 7.45. The first-order valence-corrected chi connectivity index (χ1v) is 7.27. The van der Waals surface area contributed by atoms with Crippen molar-refractivity contribution in [2.75, 3.05) is 26.2 Å². The first-order chi connectivity index (χ1) is 8.45. The summed E-state index contributed by atoms with van der Waals surface area (Å²) in [5, 5.41) is 3.36. The minimum Gasteiger partial charge on any atom is -0.314 e. The lowest BCUT2D eigenvalue weighted by molar-refractivity contribution is 0.233. The van der Waals surface area contributed by atoms with Gasteiger partial charge in [-0.1, -0.05) is 30.3 Å². The first-order valence-electron chi connectivity index (χ1n) is 5.70. The average molecular weight is 274 g/mol. The Labute approximate surface area is 106 Å². The second-order valence-corrected chi connectivity index (χ2v) is 5.05. The summed E-state index contributed by atoms with van der Waals surface area (Å²) in [6.45, 7) is 5.71. The Morgan fingerprint density at radius 1 is 1.11 bits per heavy atom. The lowest BCUT2D eigenvalue weighted by atomic mass is 10.2. The average Bonchev–Trinajstić information content (AvgIpc) is 2.29. The zero-order valence-corrected chi connectivity index (χ0v) is 11.0. The minimum atomic E-state index is -4.64. The van der Waals surface area contributed by atoms with Crippen LogP contribution in [0, 0.1) is 0 Å². The molecule has 1 fully saturated rings. The van der Waals surface area contributed by atoms with E-state index in [4.69, 9.17) is 19.2 Å². The van der Waals surface area contributed by atoms with Gasteiger partial charge in [-0.15, -0.1) is 0 Å². The predicted octanol–water partition coefficient (Wildman–Crippen LogP) is 0.163. The number of rotatable bonds is 2. The van der Waals surface area contributed by atoms with Crippen LogP contribution in [-0.4, -0.2) is 45.8 Å². The molecule has 7 heteroatoms. The van der Waals surface area contributed by atoms with Crippen LogP contribution >= 0.6 is 7.82 Å². The monoisotopic (exact) mass is 274 g/mol. The quantitative estimate of drug-likeness (QED) is 0.574. The van der Waals surface area contributed by atoms with Crippen molar-refractivity contribution in [1.82, 2.24) is 10.2 Å². The van der Waals surface area contributed by atoms with E-state index in [2.05, 4.69) is 40.5 Å². The summed E-state index contributed by atoms with van der Waals surface area (Å²) in [4.78, 5) is 24.1. The van der Waals surface area contributed by atoms with Gasteiger partial charge in [0.15, 0.2) is 0 Å². The molecule has 0 saturated carbocycles. The van der Waals surface area contributed by atoms with E-state index in [9.17, 15) is 0 Å². The van der Waals surface area contributed by atoms with Gasteiger partial charge in [0.1, 0.15) is 0 Å². The third kappa shape index (κ3) is 8.36. The van der Waals surface area contributed by atoms with E-state index < -0.39 is 7.82 Å². The van der Waals surface area contributed by atoms with Crippen molar-refractivity contribution in [3.05, 3.63) is 35.9 Å². The van der Waals surface area contributed by atoms with Crippen molar-refractivity contribution in [3.63, 3.8) is 0 Å². The van der Waals surface area contributed by atoms with Crippen LogP contribution in [0.5, 0.6) is 0 Å². The van der Waals surface area contributed by atoms with Crippen molar-refractivity contribution < 1.29 is 19.2 Å². The van der Waals surface area contributed by atoms with Crippen LogP contribution in [0.1, 0.15) is 5.56 Å². The van der Waals surface area contributed by atoms with Crippen LogP contribution in [0.15, 0.2) is 30.3 Å². The molecule has 4 N–H and O–H groups in total. The summed E-state index contributed by atoms with van der Waals surface area (Å²) < 4.78 is 8.88. The van der Waals surface area contributed by atoms with Gasteiger partial charge in [0.05, 0.1) is 0 Å². The topological polar surface area (TPSA) is 93.0 Å². The third-order valence-electron chi connectivity index (χ3n) is 2.46. The number of hydrogen-bond donors (Lipinski definition) is 4. The SMILES string of the molecule is O=P(O)(O)O.c1ccc(CN2CCNCC2)cc1. The molecule has 0 spiro atoms. The summed E-state index contributed by atoms with van der Waals surface area (Å²) in [5.41, 5.74) is 1.42. The molecule has 1 aliphatic heterocycles. The largest absolute Gasteiger partial charge is 0.466 e. The van der Waals surface area contributed by atoms with Crippen molar-refractivity contribution in [1.29, 1.82) is 0 Å². The Kier molecular flexibility index (Phi) is 6.49. The molecule has 1 aliphatic rings. The van der Waals surface area contributed by atoms with Gasteiger partial charge in [-0.2, -0.15) is 0 Å². The molecule has 102 valence electrons. The number of nitrogens with zero attached hydrogens (tertiary/aromatic N) is 1. The number of benzene rings is 1. The number of piperazine rings is 1. The first kappa shape index (κ1) is 15.3. The Morgan fingerprint density at radius 2 is 1.61 bits per heavy atom. The Morgan fingerprint density at radius 3 is 2.11 bits per heavy atom. The lowest BCUT2D eigenvalue weighted by Gasteiger charge is -2.27. The molecule has 2 rings (SSSR count). The molecule has 0 amide bonds. The van der Waals surface area contributed by atoms with E-state index in [1.54, 1.807) is 0 Å². The lowest BCUT2D eigenvalue weighted by Crippen LogP contribution is -2.42. The van der Waals surface area contributed by atoms with Crippen LogP contribution in [0.4, 0.5) is 0 Å². The second-order valence-electron chi connectivity index (χ2n) is 4.03. The van der Waals surface area contributed by atoms with Crippen LogP contribution in [0.25, 0.3) is 0 Å². The fourth-order valence-corrected chi connectivity index (χ4v) is 1.71. The third-order valence-corrected chi connectivity index (χ3v) is 2.46. The smallest absolute Gasteiger partial charge is 0.314 e. The summed E-state index contributed by atoms with van der Waals surface area (Å²) in [5.74, 6) is 0. The molecule has 0 aliphatic carbocycles. The van der Waals surface area contributed by atoms with Gasteiger partial charge < -0.3 is 20.0 Å². The van der Waals surface area contributed by atoms with E-state index in [-0.39, 0.29) is 0 Å². The molecule has 1 aromatic carbocycles. The van der Waals surface area contributed by atoms with Crippen LogP contribution in [0.2, 0.25) is 0 Å². The van der Waals surface area contributed by atoms with Crippen LogP contribution in [0.3, 0.4) is 0 Å². The Balaban J connectivity index is 0.000000280. The standard InChI is InChI=1S/C11H16N2.H3O4P/c1-2-4-11(5-3-1)10-13-8-6-12-7-9-13;1-5(2,3)4/h1-5,12H,6-10H2;(H3,1,2,3,4). The van der Waals surface area contributed by atoms with Crippen molar-refractivity contribution in [2.45, 2.75) is 6.54 Å². The maximum absolute atomic E-state index is 8.88. The highest BCUT2D eigenvalue weighted by atomic mass is 31.2. The Hall–Kier alpha value is -0.750. The van der Waals surface area contributed by atoms with Crippen molar-refractivity contribution >= 4 is 7.82 Å². The summed E-state index contributed by atoms with van der Waals surface area (Å²) in [6, 6.07) is 10.7. The summed E-state index contributed by atoms with van der Waals surface area (Å²) in [6.07, 6.45) is 0. The zero-order valence-electron chi connectivity index (χ0n) is 10.1. The van der Waals surface area contributed by atoms with Crippen molar-refractivity contribution in [2.24, 2.45) is 0 Å². The van der Waals surface area contributed by atoms with Gasteiger partial charge in [-0.25, -0.2) is 4.57 Å². The summed E-state index contributed by atoms with van der Waals surface area (Å²) >= 11 is 0. The highest BCUT2D eigenvalue weighted by Crippen LogP contribution is 2.25. The van der Waals surface area contributed by atoms with Gasteiger partial charge in [0, 0.05) is 32.7 Å². The van der Waals surface area contributed by atoms with Crippen molar-refractivity contribution in [3.8, 4) is 0 Å².